The molecule has 244 valence electrons. The number of piperidine rings is 1. The highest BCUT2D eigenvalue weighted by atomic mass is 35.5. The van der Waals surface area contributed by atoms with Gasteiger partial charge in [-0.3, -0.25) is 15.0 Å². The maximum Gasteiger partial charge on any atom is 0.451 e. The van der Waals surface area contributed by atoms with Crippen LogP contribution < -0.4 is 9.47 Å². The molecule has 0 aliphatic carbocycles. The number of nitrogens with zero attached hydrogens (tertiary/aromatic N) is 6. The summed E-state index contributed by atoms with van der Waals surface area (Å²) in [6.45, 7) is 5.62. The van der Waals surface area contributed by atoms with Gasteiger partial charge in [-0.1, -0.05) is 23.7 Å². The van der Waals surface area contributed by atoms with Gasteiger partial charge >= 0.3 is 6.18 Å². The zero-order chi connectivity index (χ0) is 32.3. The number of fused-ring (bicyclic) bond motifs is 2. The molecule has 14 heteroatoms. The molecule has 2 atom stereocenters. The number of likely N-dealkylation sites (tertiary alicyclic amines) is 1. The van der Waals surface area contributed by atoms with Gasteiger partial charge in [-0.15, -0.1) is 0 Å². The van der Waals surface area contributed by atoms with Gasteiger partial charge in [0.1, 0.15) is 11.5 Å². The molecule has 0 bridgehead atoms. The van der Waals surface area contributed by atoms with Crippen LogP contribution in [0.1, 0.15) is 55.0 Å². The fourth-order valence-electron chi connectivity index (χ4n) is 6.61. The lowest BCUT2D eigenvalue weighted by Crippen LogP contribution is -2.35. The van der Waals surface area contributed by atoms with E-state index in [1.54, 1.807) is 24.4 Å². The molecule has 3 aliphatic rings. The summed E-state index contributed by atoms with van der Waals surface area (Å²) in [6, 6.07) is 15.0. The molecule has 2 fully saturated rings. The SMILES string of the molecule is CC1(c2ccc(Cl)cn2)Oc2cccc(C3CCN(Cc4nc5cc(-c6n[nH]c(C(F)(F)F)n6)ccc5n4CC4CCO4)CC3)c2O1. The van der Waals surface area contributed by atoms with Gasteiger partial charge in [0.2, 0.25) is 5.82 Å². The van der Waals surface area contributed by atoms with Gasteiger partial charge in [-0.2, -0.15) is 18.3 Å². The second-order valence-corrected chi connectivity index (χ2v) is 12.8. The lowest BCUT2D eigenvalue weighted by molar-refractivity contribution is -0.144. The van der Waals surface area contributed by atoms with E-state index in [9.17, 15) is 13.2 Å². The average Bonchev–Trinajstić information content (AvgIpc) is 3.75. The van der Waals surface area contributed by atoms with Gasteiger partial charge in [0, 0.05) is 30.9 Å². The minimum atomic E-state index is -4.60. The van der Waals surface area contributed by atoms with E-state index in [-0.39, 0.29) is 17.8 Å². The maximum absolute atomic E-state index is 13.1. The van der Waals surface area contributed by atoms with E-state index < -0.39 is 17.8 Å². The Labute approximate surface area is 272 Å². The molecular weight excluding hydrogens is 635 g/mol. The third-order valence-electron chi connectivity index (χ3n) is 9.21. The van der Waals surface area contributed by atoms with Crippen molar-refractivity contribution < 1.29 is 27.4 Å². The topological polar surface area (TPSA) is 103 Å². The van der Waals surface area contributed by atoms with Crippen molar-refractivity contribution in [3.05, 3.63) is 82.7 Å². The van der Waals surface area contributed by atoms with Crippen molar-refractivity contribution in [2.75, 3.05) is 19.7 Å². The molecule has 1 N–H and O–H groups in total. The number of imidazole rings is 1. The fraction of sp³-hybridized carbons (Fsp3) is 0.394. The van der Waals surface area contributed by atoms with Crippen LogP contribution in [0.25, 0.3) is 22.4 Å². The molecule has 0 amide bonds. The van der Waals surface area contributed by atoms with E-state index in [1.807, 2.05) is 36.3 Å². The van der Waals surface area contributed by atoms with Crippen LogP contribution in [0.4, 0.5) is 13.2 Å². The highest BCUT2D eigenvalue weighted by molar-refractivity contribution is 6.30. The van der Waals surface area contributed by atoms with E-state index in [4.69, 9.17) is 30.8 Å². The Balaban J connectivity index is 0.996. The standard InChI is InChI=1S/C33H31ClF3N7O3/c1-32(27-8-6-21(34)16-38-27)46-26-4-2-3-23(29(26)47-32)19-9-12-43(13-10-19)18-28-39-24-15-20(30-40-31(42-41-30)33(35,36)37)5-7-25(24)44(28)17-22-11-14-45-22/h2-8,15-16,19,22H,9-14,17-18H2,1H3,(H,40,41,42). The zero-order valence-electron chi connectivity index (χ0n) is 25.4. The zero-order valence-corrected chi connectivity index (χ0v) is 26.2. The van der Waals surface area contributed by atoms with Gasteiger partial charge < -0.3 is 18.8 Å². The van der Waals surface area contributed by atoms with Gasteiger partial charge in [0.05, 0.1) is 35.2 Å². The molecule has 8 rings (SSSR count). The number of aromatic amines is 1. The summed E-state index contributed by atoms with van der Waals surface area (Å²) in [6.07, 6.45) is -0.0757. The second-order valence-electron chi connectivity index (χ2n) is 12.4. The Morgan fingerprint density at radius 3 is 2.57 bits per heavy atom. The lowest BCUT2D eigenvalue weighted by Gasteiger charge is -2.33. The fourth-order valence-corrected chi connectivity index (χ4v) is 6.73. The summed E-state index contributed by atoms with van der Waals surface area (Å²) in [7, 11) is 0. The molecule has 2 saturated heterocycles. The minimum absolute atomic E-state index is 0.0220. The summed E-state index contributed by atoms with van der Waals surface area (Å²) in [5, 5.41) is 6.33. The van der Waals surface area contributed by atoms with Crippen molar-refractivity contribution in [2.45, 2.75) is 63.3 Å². The van der Waals surface area contributed by atoms with Crippen molar-refractivity contribution in [1.29, 1.82) is 0 Å². The maximum atomic E-state index is 13.1. The summed E-state index contributed by atoms with van der Waals surface area (Å²) >= 11 is 6.05. The van der Waals surface area contributed by atoms with Gasteiger partial charge in [0.25, 0.3) is 5.79 Å². The lowest BCUT2D eigenvalue weighted by atomic mass is 9.88. The molecule has 5 aromatic rings. The van der Waals surface area contributed by atoms with Crippen LogP contribution in [0, 0.1) is 0 Å². The van der Waals surface area contributed by atoms with Crippen LogP contribution in [-0.4, -0.2) is 60.4 Å². The van der Waals surface area contributed by atoms with Gasteiger partial charge in [0.15, 0.2) is 17.3 Å². The smallest absolute Gasteiger partial charge is 0.443 e. The number of para-hydroxylation sites is 1. The molecule has 3 aliphatic heterocycles. The number of hydrogen-bond acceptors (Lipinski definition) is 8. The molecule has 0 radical (unpaired) electrons. The summed E-state index contributed by atoms with van der Waals surface area (Å²) < 4.78 is 60.0. The highest BCUT2D eigenvalue weighted by Crippen LogP contribution is 2.49. The van der Waals surface area contributed by atoms with Crippen LogP contribution in [0.15, 0.2) is 54.7 Å². The number of hydrogen-bond donors (Lipinski definition) is 1. The largest absolute Gasteiger partial charge is 0.451 e. The summed E-state index contributed by atoms with van der Waals surface area (Å²) in [5.74, 6) is 0.453. The normalized spacial score (nSPS) is 21.8. The van der Waals surface area contributed by atoms with Crippen LogP contribution in [0.2, 0.25) is 5.02 Å². The van der Waals surface area contributed by atoms with E-state index >= 15 is 0 Å². The molecule has 47 heavy (non-hydrogen) atoms. The third kappa shape index (κ3) is 5.70. The van der Waals surface area contributed by atoms with Crippen molar-refractivity contribution in [1.82, 2.24) is 34.6 Å². The van der Waals surface area contributed by atoms with Crippen molar-refractivity contribution in [2.24, 2.45) is 0 Å². The second kappa shape index (κ2) is 11.5. The molecule has 3 aromatic heterocycles. The van der Waals surface area contributed by atoms with Crippen LogP contribution >= 0.6 is 11.6 Å². The van der Waals surface area contributed by atoms with Gasteiger partial charge in [-0.05, 0) is 74.7 Å². The first-order chi connectivity index (χ1) is 22.6. The molecule has 0 saturated carbocycles. The molecular formula is C33H31ClF3N7O3. The monoisotopic (exact) mass is 665 g/mol. The Hall–Kier alpha value is -4.20. The molecule has 2 aromatic carbocycles. The van der Waals surface area contributed by atoms with E-state index in [1.165, 1.54) is 0 Å². The Bertz CT molecular complexity index is 1930. The number of alkyl halides is 3. The summed E-state index contributed by atoms with van der Waals surface area (Å²) in [4.78, 5) is 15.4. The van der Waals surface area contributed by atoms with Gasteiger partial charge in [-0.25, -0.2) is 9.97 Å². The molecule has 0 spiro atoms. The number of H-pyrrole nitrogens is 1. The quantitative estimate of drug-likeness (QED) is 0.205. The highest BCUT2D eigenvalue weighted by Gasteiger charge is 2.42. The Morgan fingerprint density at radius 2 is 1.87 bits per heavy atom. The van der Waals surface area contributed by atoms with Crippen LogP contribution in [0.5, 0.6) is 11.5 Å². The molecule has 10 nitrogen and oxygen atoms in total. The number of benzene rings is 2. The molecule has 6 heterocycles. The number of pyridine rings is 1. The van der Waals surface area contributed by atoms with E-state index in [2.05, 4.69) is 30.6 Å². The van der Waals surface area contributed by atoms with Crippen molar-refractivity contribution in [3.8, 4) is 22.9 Å². The Morgan fingerprint density at radius 1 is 1.04 bits per heavy atom. The first-order valence-electron chi connectivity index (χ1n) is 15.6. The van der Waals surface area contributed by atoms with Crippen LogP contribution in [-0.2, 0) is 29.8 Å². The predicted molar refractivity (Wildman–Crippen MR) is 166 cm³/mol. The average molecular weight is 666 g/mol. The summed E-state index contributed by atoms with van der Waals surface area (Å²) in [5.41, 5.74) is 3.82. The predicted octanol–water partition coefficient (Wildman–Crippen LogP) is 6.70. The minimum Gasteiger partial charge on any atom is -0.443 e. The number of rotatable bonds is 7. The third-order valence-corrected chi connectivity index (χ3v) is 9.44. The van der Waals surface area contributed by atoms with Crippen molar-refractivity contribution in [3.63, 3.8) is 0 Å². The first kappa shape index (κ1) is 30.2. The first-order valence-corrected chi connectivity index (χ1v) is 16.0. The number of aromatic nitrogens is 6. The van der Waals surface area contributed by atoms with E-state index in [0.29, 0.717) is 40.6 Å². The molecule has 2 unspecified atom stereocenters. The number of ether oxygens (including phenoxy) is 3. The van der Waals surface area contributed by atoms with E-state index in [0.717, 1.165) is 61.6 Å². The van der Waals surface area contributed by atoms with Crippen molar-refractivity contribution >= 4 is 22.6 Å². The Kier molecular flexibility index (Phi) is 7.38. The number of halogens is 4. The van der Waals surface area contributed by atoms with Crippen LogP contribution in [0.3, 0.4) is 0 Å². The number of nitrogens with one attached hydrogen (secondary N) is 1.